The van der Waals surface area contributed by atoms with Gasteiger partial charge in [-0.1, -0.05) is 35.6 Å². The second-order valence-electron chi connectivity index (χ2n) is 4.70. The molecule has 29 heavy (non-hydrogen) atoms. The van der Waals surface area contributed by atoms with Crippen molar-refractivity contribution in [3.05, 3.63) is 130 Å². The van der Waals surface area contributed by atoms with Crippen molar-refractivity contribution in [3.8, 4) is 0 Å². The van der Waals surface area contributed by atoms with E-state index in [1.165, 1.54) is 16.7 Å². The smallest absolute Gasteiger partial charge is 0 e. The van der Waals surface area contributed by atoms with Crippen LogP contribution in [0, 0.1) is 61.3 Å². The maximum absolute atomic E-state index is 3.03. The minimum atomic E-state index is 0. The van der Waals surface area contributed by atoms with Gasteiger partial charge in [0, 0.05) is 98.1 Å². The van der Waals surface area contributed by atoms with Crippen LogP contribution in [0.4, 0.5) is 0 Å². The van der Waals surface area contributed by atoms with E-state index in [9.17, 15) is 0 Å². The van der Waals surface area contributed by atoms with Crippen molar-refractivity contribution in [2.24, 2.45) is 0 Å². The first kappa shape index (κ1) is 52.1. The van der Waals surface area contributed by atoms with Crippen molar-refractivity contribution < 1.29 is 98.1 Å². The molecule has 0 aliphatic heterocycles. The maximum atomic E-state index is 3.03. The van der Waals surface area contributed by atoms with E-state index in [2.05, 4.69) is 38.1 Å². The van der Waals surface area contributed by atoms with E-state index in [4.69, 9.17) is 0 Å². The normalized spacial score (nSPS) is 6.31. The third kappa shape index (κ3) is 33.8. The van der Waals surface area contributed by atoms with Gasteiger partial charge >= 0.3 is 0 Å². The second kappa shape index (κ2) is 36.4. The molecule has 157 valence electrons. The summed E-state index contributed by atoms with van der Waals surface area (Å²) in [6, 6.07) is 32.6. The molecule has 0 saturated carbocycles. The first-order valence-electron chi connectivity index (χ1n) is 6.97. The Bertz CT molecular complexity index is 493. The molecule has 0 N–H and O–H groups in total. The van der Waals surface area contributed by atoms with Crippen molar-refractivity contribution in [3.63, 3.8) is 0 Å². The Kier molecular flexibility index (Phi) is 65.3. The van der Waals surface area contributed by atoms with Gasteiger partial charge in [-0.05, 0) is 0 Å². The molecule has 0 saturated heterocycles. The molecule has 0 nitrogen and oxygen atoms in total. The van der Waals surface area contributed by atoms with Gasteiger partial charge in [-0.3, -0.25) is 0 Å². The van der Waals surface area contributed by atoms with E-state index in [1.807, 2.05) is 73.7 Å². The van der Waals surface area contributed by atoms with Crippen LogP contribution < -0.4 is 0 Å². The SMILES string of the molecule is C.C.Cc1[c-]cccc1.Cc1c[c-]ccc1.Cc1cc[c-]cc1.[CH3-].[CH3-].[CH3-].[Y].[Y].[Y]. The summed E-state index contributed by atoms with van der Waals surface area (Å²) in [4.78, 5) is 0. The van der Waals surface area contributed by atoms with Crippen LogP contribution in [0.15, 0.2) is 72.8 Å². The van der Waals surface area contributed by atoms with E-state index < -0.39 is 0 Å². The molecule has 3 heteroatoms. The van der Waals surface area contributed by atoms with Gasteiger partial charge < -0.3 is 22.3 Å². The Balaban J connectivity index is -0.0000000334. The molecule has 0 aliphatic carbocycles. The third-order valence-corrected chi connectivity index (χ3v) is 2.61. The molecule has 0 aliphatic rings. The second-order valence-corrected chi connectivity index (χ2v) is 4.70. The average molecular weight is 617 g/mol. The van der Waals surface area contributed by atoms with Crippen LogP contribution in [0.1, 0.15) is 31.5 Å². The van der Waals surface area contributed by atoms with Gasteiger partial charge in [-0.25, -0.2) is 0 Å². The van der Waals surface area contributed by atoms with Crippen LogP contribution in [0.2, 0.25) is 0 Å². The molecule has 3 aromatic rings. The molecule has 0 unspecified atom stereocenters. The molecule has 0 spiro atoms. The van der Waals surface area contributed by atoms with Gasteiger partial charge in [0.1, 0.15) is 0 Å². The van der Waals surface area contributed by atoms with E-state index in [1.54, 1.807) is 0 Å². The number of benzene rings is 3. The van der Waals surface area contributed by atoms with E-state index in [0.29, 0.717) is 0 Å². The van der Waals surface area contributed by atoms with Gasteiger partial charge in [0.05, 0.1) is 0 Å². The van der Waals surface area contributed by atoms with Crippen molar-refractivity contribution >= 4 is 0 Å². The predicted octanol–water partition coefficient (Wildman–Crippen LogP) is 8.00. The summed E-state index contributed by atoms with van der Waals surface area (Å²) in [7, 11) is 0. The van der Waals surface area contributed by atoms with Gasteiger partial charge in [-0.2, -0.15) is 108 Å². The van der Waals surface area contributed by atoms with Crippen molar-refractivity contribution in [1.82, 2.24) is 0 Å². The molecule has 3 rings (SSSR count). The molecule has 0 aromatic heterocycles. The van der Waals surface area contributed by atoms with Crippen LogP contribution in [0.25, 0.3) is 0 Å². The van der Waals surface area contributed by atoms with Crippen LogP contribution in [-0.4, -0.2) is 0 Å². The zero-order valence-corrected chi connectivity index (χ0v) is 26.2. The summed E-state index contributed by atoms with van der Waals surface area (Å²) in [5, 5.41) is 0. The summed E-state index contributed by atoms with van der Waals surface area (Å²) in [5.41, 5.74) is 3.75. The standard InChI is InChI=1S/3C7H7.2CH4.3CH3.3Y/c3*1-7-5-3-2-4-6-7;;;;;;;;/h3-6H,1H3;2-3,5-6H,1H3;2-5H,1H3;2*1H4;3*1H3;;;/q3*-1;;;3*-1;;;. The quantitative estimate of drug-likeness (QED) is 0.225. The van der Waals surface area contributed by atoms with Crippen LogP contribution in [0.5, 0.6) is 0 Å². The van der Waals surface area contributed by atoms with E-state index in [-0.39, 0.29) is 135 Å². The van der Waals surface area contributed by atoms with Crippen molar-refractivity contribution in [2.75, 3.05) is 0 Å². The molecule has 0 bridgehead atoms. The van der Waals surface area contributed by atoms with Crippen LogP contribution >= 0.6 is 0 Å². The van der Waals surface area contributed by atoms with E-state index >= 15 is 0 Å². The zero-order chi connectivity index (χ0) is 15.3. The Morgan fingerprint density at radius 2 is 1.10 bits per heavy atom. The summed E-state index contributed by atoms with van der Waals surface area (Å²) in [6.45, 7) is 6.14. The van der Waals surface area contributed by atoms with Gasteiger partial charge in [0.2, 0.25) is 0 Å². The third-order valence-electron chi connectivity index (χ3n) is 2.61. The average Bonchev–Trinajstić information content (AvgIpc) is 2.51. The van der Waals surface area contributed by atoms with Gasteiger partial charge in [0.15, 0.2) is 0 Å². The molecule has 3 aromatic carbocycles. The minimum Gasteiger partial charge on any atom is -0.358 e. The van der Waals surface area contributed by atoms with E-state index in [0.717, 1.165) is 0 Å². The molecular weight excluding hydrogens is 579 g/mol. The largest absolute Gasteiger partial charge is 0.358 e. The van der Waals surface area contributed by atoms with Gasteiger partial charge in [0.25, 0.3) is 0 Å². The summed E-state index contributed by atoms with van der Waals surface area (Å²) < 4.78 is 0. The fourth-order valence-corrected chi connectivity index (χ4v) is 1.44. The van der Waals surface area contributed by atoms with Crippen LogP contribution in [0.3, 0.4) is 0 Å². The first-order valence-corrected chi connectivity index (χ1v) is 6.97. The molecule has 0 atom stereocenters. The Morgan fingerprint density at radius 1 is 0.552 bits per heavy atom. The van der Waals surface area contributed by atoms with Crippen LogP contribution in [-0.2, 0) is 98.1 Å². The first-order chi connectivity index (χ1) is 10.2. The van der Waals surface area contributed by atoms with Crippen molar-refractivity contribution in [2.45, 2.75) is 35.6 Å². The zero-order valence-electron chi connectivity index (χ0n) is 17.7. The summed E-state index contributed by atoms with van der Waals surface area (Å²) in [5.74, 6) is 0. The van der Waals surface area contributed by atoms with Crippen molar-refractivity contribution in [1.29, 1.82) is 0 Å². The fourth-order valence-electron chi connectivity index (χ4n) is 1.44. The number of hydrogen-bond donors (Lipinski definition) is 0. The fraction of sp³-hybridized carbons (Fsp3) is 0.192. The molecule has 0 heterocycles. The monoisotopic (exact) mass is 617 g/mol. The Labute approximate surface area is 260 Å². The Hall–Kier alpha value is 0.972. The predicted molar refractivity (Wildman–Crippen MR) is 123 cm³/mol. The summed E-state index contributed by atoms with van der Waals surface area (Å²) >= 11 is 0. The maximum Gasteiger partial charge on any atom is 0 e. The minimum absolute atomic E-state index is 0. The number of rotatable bonds is 0. The topological polar surface area (TPSA) is 0 Å². The Morgan fingerprint density at radius 3 is 1.31 bits per heavy atom. The molecule has 0 amide bonds. The molecule has 0 fully saturated rings. The number of aryl methyl sites for hydroxylation is 3. The van der Waals surface area contributed by atoms with Gasteiger partial charge in [-0.15, -0.1) is 0 Å². The summed E-state index contributed by atoms with van der Waals surface area (Å²) in [6.07, 6.45) is 0. The molecular formula is C26H38Y3-6. The molecule has 3 radical (unpaired) electrons. The number of hydrogen-bond acceptors (Lipinski definition) is 0.